The number of carbonyl (C=O) groups excluding carboxylic acids is 1. The monoisotopic (exact) mass is 295 g/mol. The van der Waals surface area contributed by atoms with Gasteiger partial charge in [-0.25, -0.2) is 14.4 Å². The van der Waals surface area contributed by atoms with Gasteiger partial charge in [0.1, 0.15) is 17.3 Å². The van der Waals surface area contributed by atoms with Gasteiger partial charge in [-0.2, -0.15) is 4.39 Å². The maximum absolute atomic E-state index is 13.5. The molecule has 1 aromatic heterocycles. The highest BCUT2D eigenvalue weighted by molar-refractivity contribution is 6.02. The smallest absolute Gasteiger partial charge is 0.307 e. The largest absolute Gasteiger partial charge is 0.382 e. The Morgan fingerprint density at radius 3 is 2.52 bits per heavy atom. The van der Waals surface area contributed by atoms with E-state index in [-0.39, 0.29) is 11.5 Å². The highest BCUT2D eigenvalue weighted by Gasteiger charge is 2.20. The van der Waals surface area contributed by atoms with Crippen LogP contribution in [-0.2, 0) is 0 Å². The van der Waals surface area contributed by atoms with Crippen molar-refractivity contribution in [3.63, 3.8) is 0 Å². The van der Waals surface area contributed by atoms with Crippen molar-refractivity contribution >= 4 is 23.1 Å². The third-order valence-corrected chi connectivity index (χ3v) is 2.39. The van der Waals surface area contributed by atoms with Crippen LogP contribution in [0.5, 0.6) is 0 Å². The second-order valence-electron chi connectivity index (χ2n) is 3.82. The minimum absolute atomic E-state index is 0.0788. The number of carbonyl (C=O) groups is 1. The van der Waals surface area contributed by atoms with Crippen molar-refractivity contribution in [2.45, 2.75) is 0 Å². The van der Waals surface area contributed by atoms with E-state index in [1.54, 1.807) is 0 Å². The second kappa shape index (κ2) is 5.45. The molecule has 0 aliphatic carbocycles. The Hall–Kier alpha value is -3.17. The van der Waals surface area contributed by atoms with Gasteiger partial charge in [0.15, 0.2) is 0 Å². The fourth-order valence-corrected chi connectivity index (χ4v) is 1.41. The lowest BCUT2D eigenvalue weighted by Crippen LogP contribution is -2.15. The van der Waals surface area contributed by atoms with Gasteiger partial charge in [-0.15, -0.1) is 0 Å². The van der Waals surface area contributed by atoms with Crippen molar-refractivity contribution in [1.29, 1.82) is 0 Å². The molecular weight excluding hydrogens is 288 g/mol. The van der Waals surface area contributed by atoms with Gasteiger partial charge in [0.25, 0.3) is 5.91 Å². The van der Waals surface area contributed by atoms with E-state index in [0.717, 1.165) is 12.4 Å². The van der Waals surface area contributed by atoms with Gasteiger partial charge >= 0.3 is 5.69 Å². The van der Waals surface area contributed by atoms with Crippen molar-refractivity contribution in [3.05, 3.63) is 52.0 Å². The van der Waals surface area contributed by atoms with Crippen molar-refractivity contribution in [3.8, 4) is 0 Å². The van der Waals surface area contributed by atoms with Gasteiger partial charge in [-0.1, -0.05) is 0 Å². The number of aromatic nitrogens is 2. The summed E-state index contributed by atoms with van der Waals surface area (Å²) < 4.78 is 26.7. The van der Waals surface area contributed by atoms with Crippen LogP contribution < -0.4 is 11.1 Å². The minimum atomic E-state index is -1.34. The average Bonchev–Trinajstić information content (AvgIpc) is 2.42. The van der Waals surface area contributed by atoms with Crippen LogP contribution in [0.2, 0.25) is 0 Å². The average molecular weight is 295 g/mol. The Labute approximate surface area is 115 Å². The van der Waals surface area contributed by atoms with Crippen LogP contribution in [0.15, 0.2) is 24.5 Å². The molecule has 0 aliphatic heterocycles. The van der Waals surface area contributed by atoms with E-state index in [9.17, 15) is 23.7 Å². The van der Waals surface area contributed by atoms with Gasteiger partial charge in [-0.05, 0) is 0 Å². The van der Waals surface area contributed by atoms with Gasteiger partial charge in [0.2, 0.25) is 5.82 Å². The molecule has 108 valence electrons. The van der Waals surface area contributed by atoms with Crippen molar-refractivity contribution in [1.82, 2.24) is 9.97 Å². The predicted molar refractivity (Wildman–Crippen MR) is 67.4 cm³/mol. The molecule has 0 fully saturated rings. The predicted octanol–water partition coefficient (Wildman–Crippen LogP) is 1.50. The molecule has 0 bridgehead atoms. The van der Waals surface area contributed by atoms with E-state index >= 15 is 0 Å². The molecule has 0 saturated heterocycles. The summed E-state index contributed by atoms with van der Waals surface area (Å²) in [5, 5.41) is 12.6. The molecule has 1 amide bonds. The maximum atomic E-state index is 13.5. The summed E-state index contributed by atoms with van der Waals surface area (Å²) in [6.45, 7) is 0. The number of nitro benzene ring substituents is 1. The van der Waals surface area contributed by atoms with E-state index < -0.39 is 33.8 Å². The molecule has 1 aromatic carbocycles. The van der Waals surface area contributed by atoms with Crippen LogP contribution in [0.3, 0.4) is 0 Å². The lowest BCUT2D eigenvalue weighted by Gasteiger charge is -2.06. The summed E-state index contributed by atoms with van der Waals surface area (Å²) in [6.07, 6.45) is 2.15. The van der Waals surface area contributed by atoms with Gasteiger partial charge in [0, 0.05) is 12.1 Å². The Morgan fingerprint density at radius 1 is 1.24 bits per heavy atom. The van der Waals surface area contributed by atoms with Crippen LogP contribution in [0.1, 0.15) is 10.5 Å². The zero-order valence-corrected chi connectivity index (χ0v) is 10.2. The number of halogens is 2. The number of nitrogens with zero attached hydrogens (tertiary/aromatic N) is 3. The summed E-state index contributed by atoms with van der Waals surface area (Å²) in [4.78, 5) is 28.6. The molecule has 3 N–H and O–H groups in total. The molecule has 0 unspecified atom stereocenters. The first-order valence-electron chi connectivity index (χ1n) is 5.41. The number of nitrogen functional groups attached to an aromatic ring is 1. The molecule has 0 radical (unpaired) electrons. The number of nitrogens with one attached hydrogen (secondary N) is 1. The molecule has 1 heterocycles. The van der Waals surface area contributed by atoms with Gasteiger partial charge in [-0.3, -0.25) is 14.9 Å². The fourth-order valence-electron chi connectivity index (χ4n) is 1.41. The maximum Gasteiger partial charge on any atom is 0.307 e. The first kappa shape index (κ1) is 14.2. The van der Waals surface area contributed by atoms with Gasteiger partial charge in [0.05, 0.1) is 23.0 Å². The lowest BCUT2D eigenvalue weighted by molar-refractivity contribution is -0.387. The Bertz CT molecular complexity index is 721. The molecule has 2 rings (SSSR count). The van der Waals surface area contributed by atoms with E-state index in [1.807, 2.05) is 5.32 Å². The Balaban J connectivity index is 2.30. The zero-order chi connectivity index (χ0) is 15.6. The first-order valence-corrected chi connectivity index (χ1v) is 5.41. The normalized spacial score (nSPS) is 10.2. The zero-order valence-electron chi connectivity index (χ0n) is 10.2. The number of hydrogen-bond acceptors (Lipinski definition) is 6. The molecule has 21 heavy (non-hydrogen) atoms. The number of nitrogens with two attached hydrogens (primary N) is 1. The van der Waals surface area contributed by atoms with Crippen LogP contribution >= 0.6 is 0 Å². The minimum Gasteiger partial charge on any atom is -0.382 e. The van der Waals surface area contributed by atoms with Crippen LogP contribution in [0.4, 0.5) is 26.0 Å². The SMILES string of the molecule is Nc1cnc(C(=O)Nc2cc([N+](=O)[O-])c(F)cc2F)cn1. The van der Waals surface area contributed by atoms with Crippen LogP contribution in [-0.4, -0.2) is 20.8 Å². The molecular formula is C11H7F2N5O3. The quantitative estimate of drug-likeness (QED) is 0.653. The standard InChI is InChI=1S/C11H7F2N5O3/c12-5-1-6(13)9(18(20)21)2-7(5)17-11(19)8-3-16-10(14)4-15-8/h1-4H,(H2,14,16)(H,17,19). The molecule has 2 aromatic rings. The molecule has 8 nitrogen and oxygen atoms in total. The van der Waals surface area contributed by atoms with Gasteiger partial charge < -0.3 is 11.1 Å². The van der Waals surface area contributed by atoms with Crippen molar-refractivity contribution in [2.24, 2.45) is 0 Å². The molecule has 0 aliphatic rings. The first-order chi connectivity index (χ1) is 9.88. The topological polar surface area (TPSA) is 124 Å². The molecule has 10 heteroatoms. The van der Waals surface area contributed by atoms with Crippen molar-refractivity contribution < 1.29 is 18.5 Å². The summed E-state index contributed by atoms with van der Waals surface area (Å²) in [5.41, 5.74) is 3.59. The summed E-state index contributed by atoms with van der Waals surface area (Å²) in [6, 6.07) is 0.885. The number of amides is 1. The van der Waals surface area contributed by atoms with E-state index in [0.29, 0.717) is 12.1 Å². The highest BCUT2D eigenvalue weighted by Crippen LogP contribution is 2.25. The third-order valence-electron chi connectivity index (χ3n) is 2.39. The van der Waals surface area contributed by atoms with Crippen LogP contribution in [0, 0.1) is 21.7 Å². The molecule has 0 saturated carbocycles. The third kappa shape index (κ3) is 3.05. The number of benzene rings is 1. The molecule has 0 atom stereocenters. The fraction of sp³-hybridized carbons (Fsp3) is 0. The summed E-state index contributed by atoms with van der Waals surface area (Å²) >= 11 is 0. The second-order valence-corrected chi connectivity index (χ2v) is 3.82. The molecule has 0 spiro atoms. The number of rotatable bonds is 3. The van der Waals surface area contributed by atoms with E-state index in [4.69, 9.17) is 5.73 Å². The van der Waals surface area contributed by atoms with Crippen LogP contribution in [0.25, 0.3) is 0 Å². The highest BCUT2D eigenvalue weighted by atomic mass is 19.1. The Kier molecular flexibility index (Phi) is 3.69. The summed E-state index contributed by atoms with van der Waals surface area (Å²) in [5.74, 6) is -3.30. The summed E-state index contributed by atoms with van der Waals surface area (Å²) in [7, 11) is 0. The number of hydrogen-bond donors (Lipinski definition) is 2. The number of nitro groups is 1. The number of anilines is 2. The van der Waals surface area contributed by atoms with Crippen molar-refractivity contribution in [2.75, 3.05) is 11.1 Å². The lowest BCUT2D eigenvalue weighted by atomic mass is 10.2. The Morgan fingerprint density at radius 2 is 1.95 bits per heavy atom. The van der Waals surface area contributed by atoms with E-state index in [2.05, 4.69) is 9.97 Å². The van der Waals surface area contributed by atoms with E-state index in [1.165, 1.54) is 0 Å².